The second-order valence-electron chi connectivity index (χ2n) is 6.06. The lowest BCUT2D eigenvalue weighted by atomic mass is 10.1. The molecule has 4 rings (SSSR count). The number of rotatable bonds is 5. The van der Waals surface area contributed by atoms with Crippen LogP contribution in [0.1, 0.15) is 25.0 Å². The maximum Gasteiger partial charge on any atom is 0.270 e. The monoisotopic (exact) mass is 424 g/mol. The zero-order chi connectivity index (χ0) is 20.8. The second-order valence-corrected chi connectivity index (χ2v) is 8.38. The quantitative estimate of drug-likeness (QED) is 0.390. The Morgan fingerprint density at radius 3 is 2.38 bits per heavy atom. The van der Waals surface area contributed by atoms with Crippen molar-refractivity contribution >= 4 is 61.5 Å². The summed E-state index contributed by atoms with van der Waals surface area (Å²) >= 11 is 2.87. The highest BCUT2D eigenvalue weighted by Gasteiger charge is 2.14. The van der Waals surface area contributed by atoms with Crippen molar-refractivity contribution in [3.63, 3.8) is 0 Å². The standard InChI is InChI=1S/C15H14N4OS.C6H6OS/c1-17-14-12(13(16)20)19-15(21-14)18-11-7-6-9-4-2-3-5-10(9)8-11;1-5-2-3-6(4-7)8-5/h2-8,17H,1H3,(H2,16,20)(H,18,19);2-4H,1H3. The third kappa shape index (κ3) is 5.18. The van der Waals surface area contributed by atoms with Gasteiger partial charge in [-0.1, -0.05) is 41.7 Å². The Kier molecular flexibility index (Phi) is 6.58. The van der Waals surface area contributed by atoms with Gasteiger partial charge in [0, 0.05) is 17.6 Å². The van der Waals surface area contributed by atoms with Crippen LogP contribution in [0.15, 0.2) is 54.6 Å². The Morgan fingerprint density at radius 1 is 1.07 bits per heavy atom. The van der Waals surface area contributed by atoms with E-state index < -0.39 is 5.91 Å². The number of fused-ring (bicyclic) bond motifs is 1. The first-order valence-corrected chi connectivity index (χ1v) is 10.4. The van der Waals surface area contributed by atoms with Crippen molar-refractivity contribution in [3.05, 3.63) is 70.0 Å². The molecule has 0 bridgehead atoms. The lowest BCUT2D eigenvalue weighted by molar-refractivity contribution is 0.0996. The summed E-state index contributed by atoms with van der Waals surface area (Å²) in [4.78, 5) is 27.6. The number of aromatic nitrogens is 1. The van der Waals surface area contributed by atoms with Crippen molar-refractivity contribution in [2.24, 2.45) is 5.73 Å². The lowest BCUT2D eigenvalue weighted by Gasteiger charge is -2.04. The molecule has 6 nitrogen and oxygen atoms in total. The van der Waals surface area contributed by atoms with Crippen molar-refractivity contribution in [2.75, 3.05) is 17.7 Å². The first-order chi connectivity index (χ1) is 14.0. The minimum absolute atomic E-state index is 0.255. The van der Waals surface area contributed by atoms with Gasteiger partial charge in [0.1, 0.15) is 5.00 Å². The van der Waals surface area contributed by atoms with Crippen LogP contribution in [-0.4, -0.2) is 24.2 Å². The Morgan fingerprint density at radius 2 is 1.83 bits per heavy atom. The SMILES string of the molecule is CNc1sc(Nc2ccc3ccccc3c2)nc1C(N)=O.Cc1ccc(C=O)s1. The van der Waals surface area contributed by atoms with E-state index in [1.165, 1.54) is 32.9 Å². The Bertz CT molecular complexity index is 1150. The van der Waals surface area contributed by atoms with Gasteiger partial charge in [0.05, 0.1) is 4.88 Å². The Hall–Kier alpha value is -3.23. The average molecular weight is 425 g/mol. The number of benzene rings is 2. The average Bonchev–Trinajstić information content (AvgIpc) is 3.34. The fourth-order valence-electron chi connectivity index (χ4n) is 2.62. The number of amides is 1. The molecule has 2 aromatic carbocycles. The van der Waals surface area contributed by atoms with Crippen LogP contribution >= 0.6 is 22.7 Å². The topological polar surface area (TPSA) is 97.1 Å². The fourth-order valence-corrected chi connectivity index (χ4v) is 4.15. The van der Waals surface area contributed by atoms with Crippen molar-refractivity contribution in [1.29, 1.82) is 0 Å². The molecule has 1 amide bonds. The summed E-state index contributed by atoms with van der Waals surface area (Å²) in [5, 5.41) is 9.74. The summed E-state index contributed by atoms with van der Waals surface area (Å²) in [6.45, 7) is 1.98. The number of primary amides is 1. The molecule has 8 heteroatoms. The molecular formula is C21H20N4O2S2. The first kappa shape index (κ1) is 20.5. The molecule has 2 heterocycles. The number of aryl methyl sites for hydroxylation is 1. The third-order valence-electron chi connectivity index (χ3n) is 3.97. The van der Waals surface area contributed by atoms with Gasteiger partial charge in [0.15, 0.2) is 17.1 Å². The van der Waals surface area contributed by atoms with Gasteiger partial charge in [0.2, 0.25) is 0 Å². The molecule has 2 aromatic heterocycles. The molecule has 0 spiro atoms. The van der Waals surface area contributed by atoms with Crippen molar-refractivity contribution in [1.82, 2.24) is 4.98 Å². The van der Waals surface area contributed by atoms with E-state index in [2.05, 4.69) is 27.8 Å². The highest BCUT2D eigenvalue weighted by atomic mass is 32.1. The normalized spacial score (nSPS) is 10.1. The maximum absolute atomic E-state index is 11.3. The van der Waals surface area contributed by atoms with E-state index in [1.54, 1.807) is 7.05 Å². The molecule has 0 radical (unpaired) electrons. The minimum atomic E-state index is -0.540. The van der Waals surface area contributed by atoms with E-state index in [-0.39, 0.29) is 5.69 Å². The van der Waals surface area contributed by atoms with E-state index in [0.29, 0.717) is 10.1 Å². The molecule has 0 saturated carbocycles. The number of nitrogens with one attached hydrogen (secondary N) is 2. The number of aldehydes is 1. The van der Waals surface area contributed by atoms with Gasteiger partial charge >= 0.3 is 0 Å². The zero-order valence-electron chi connectivity index (χ0n) is 15.9. The Labute approximate surface area is 176 Å². The molecule has 148 valence electrons. The van der Waals surface area contributed by atoms with E-state index >= 15 is 0 Å². The number of hydrogen-bond donors (Lipinski definition) is 3. The summed E-state index contributed by atoms with van der Waals surface area (Å²) in [5.41, 5.74) is 6.48. The highest BCUT2D eigenvalue weighted by Crippen LogP contribution is 2.30. The van der Waals surface area contributed by atoms with Gasteiger partial charge in [-0.05, 0) is 42.0 Å². The van der Waals surface area contributed by atoms with Crippen LogP contribution in [0.25, 0.3) is 10.8 Å². The van der Waals surface area contributed by atoms with Crippen LogP contribution < -0.4 is 16.4 Å². The number of carbonyl (C=O) groups excluding carboxylic acids is 2. The zero-order valence-corrected chi connectivity index (χ0v) is 17.6. The number of thiazole rings is 1. The van der Waals surface area contributed by atoms with Crippen molar-refractivity contribution in [2.45, 2.75) is 6.92 Å². The largest absolute Gasteiger partial charge is 0.378 e. The summed E-state index contributed by atoms with van der Waals surface area (Å²) < 4.78 is 0. The molecule has 4 N–H and O–H groups in total. The number of thiophene rings is 1. The summed E-state index contributed by atoms with van der Waals surface area (Å²) in [6, 6.07) is 17.9. The van der Waals surface area contributed by atoms with E-state index in [4.69, 9.17) is 5.73 Å². The predicted molar refractivity (Wildman–Crippen MR) is 122 cm³/mol. The maximum atomic E-state index is 11.3. The van der Waals surface area contributed by atoms with Crippen LogP contribution in [-0.2, 0) is 0 Å². The molecule has 29 heavy (non-hydrogen) atoms. The van der Waals surface area contributed by atoms with Crippen LogP contribution in [0.5, 0.6) is 0 Å². The molecule has 0 fully saturated rings. The number of nitrogens with zero attached hydrogens (tertiary/aromatic N) is 1. The fraction of sp³-hybridized carbons (Fsp3) is 0.0952. The van der Waals surface area contributed by atoms with Crippen LogP contribution in [0.2, 0.25) is 0 Å². The van der Waals surface area contributed by atoms with E-state index in [1.807, 2.05) is 49.4 Å². The smallest absolute Gasteiger partial charge is 0.270 e. The summed E-state index contributed by atoms with van der Waals surface area (Å²) in [7, 11) is 1.74. The molecule has 4 aromatic rings. The first-order valence-electron chi connectivity index (χ1n) is 8.76. The van der Waals surface area contributed by atoms with Crippen LogP contribution in [0.4, 0.5) is 15.8 Å². The minimum Gasteiger partial charge on any atom is -0.378 e. The van der Waals surface area contributed by atoms with Gasteiger partial charge < -0.3 is 16.4 Å². The Balaban J connectivity index is 0.000000252. The van der Waals surface area contributed by atoms with Gasteiger partial charge in [-0.25, -0.2) is 4.98 Å². The van der Waals surface area contributed by atoms with Crippen LogP contribution in [0.3, 0.4) is 0 Å². The van der Waals surface area contributed by atoms with E-state index in [9.17, 15) is 9.59 Å². The lowest BCUT2D eigenvalue weighted by Crippen LogP contribution is -2.13. The second kappa shape index (κ2) is 9.31. The summed E-state index contributed by atoms with van der Waals surface area (Å²) in [5.74, 6) is -0.540. The van der Waals surface area contributed by atoms with Gasteiger partial charge in [0.25, 0.3) is 5.91 Å². The number of nitrogens with two attached hydrogens (primary N) is 1. The highest BCUT2D eigenvalue weighted by molar-refractivity contribution is 7.19. The van der Waals surface area contributed by atoms with Crippen LogP contribution in [0, 0.1) is 6.92 Å². The van der Waals surface area contributed by atoms with E-state index in [0.717, 1.165) is 22.2 Å². The van der Waals surface area contributed by atoms with Crippen molar-refractivity contribution < 1.29 is 9.59 Å². The predicted octanol–water partition coefficient (Wildman–Crippen LogP) is 5.05. The number of hydrogen-bond acceptors (Lipinski definition) is 7. The third-order valence-corrected chi connectivity index (χ3v) is 5.88. The number of carbonyl (C=O) groups is 2. The molecule has 0 saturated heterocycles. The van der Waals surface area contributed by atoms with Gasteiger partial charge in [-0.3, -0.25) is 9.59 Å². The number of anilines is 3. The molecule has 0 aliphatic carbocycles. The molecule has 0 aliphatic rings. The molecular weight excluding hydrogens is 404 g/mol. The molecule has 0 unspecified atom stereocenters. The van der Waals surface area contributed by atoms with Gasteiger partial charge in [-0.2, -0.15) is 0 Å². The molecule has 0 atom stereocenters. The molecule has 0 aliphatic heterocycles. The van der Waals surface area contributed by atoms with Crippen molar-refractivity contribution in [3.8, 4) is 0 Å². The van der Waals surface area contributed by atoms with Gasteiger partial charge in [-0.15, -0.1) is 11.3 Å². The summed E-state index contributed by atoms with van der Waals surface area (Å²) in [6.07, 6.45) is 0.873.